The van der Waals surface area contributed by atoms with Gasteiger partial charge in [-0.3, -0.25) is 4.90 Å². The van der Waals surface area contributed by atoms with Crippen LogP contribution in [0.2, 0.25) is 10.0 Å². The third kappa shape index (κ3) is 3.57. The normalized spacial score (nSPS) is 18.5. The molecule has 2 aliphatic rings. The van der Waals surface area contributed by atoms with E-state index in [-0.39, 0.29) is 0 Å². The van der Waals surface area contributed by atoms with Gasteiger partial charge in [0.25, 0.3) is 0 Å². The van der Waals surface area contributed by atoms with Crippen LogP contribution in [0.1, 0.15) is 41.2 Å². The molecular formula is C22H23Cl2NO. The maximum Gasteiger partial charge on any atom is 0.0917 e. The van der Waals surface area contributed by atoms with Crippen LogP contribution >= 0.6 is 23.2 Å². The Bertz CT molecular complexity index is 874. The van der Waals surface area contributed by atoms with Crippen molar-refractivity contribution < 1.29 is 5.11 Å². The van der Waals surface area contributed by atoms with Crippen molar-refractivity contribution >= 4 is 28.8 Å². The predicted molar refractivity (Wildman–Crippen MR) is 109 cm³/mol. The number of aryl methyl sites for hydroxylation is 1. The summed E-state index contributed by atoms with van der Waals surface area (Å²) in [5.41, 5.74) is 7.68. The molecule has 0 radical (unpaired) electrons. The topological polar surface area (TPSA) is 23.5 Å². The second-order valence-corrected chi connectivity index (χ2v) is 8.23. The summed E-state index contributed by atoms with van der Waals surface area (Å²) in [4.78, 5) is 2.36. The van der Waals surface area contributed by atoms with Crippen LogP contribution in [-0.4, -0.2) is 29.6 Å². The molecule has 0 saturated carbocycles. The fourth-order valence-electron chi connectivity index (χ4n) is 4.09. The zero-order valence-electron chi connectivity index (χ0n) is 14.9. The number of aliphatic hydroxyl groups is 1. The van der Waals surface area contributed by atoms with E-state index in [0.29, 0.717) is 11.6 Å². The maximum atomic E-state index is 10.6. The van der Waals surface area contributed by atoms with E-state index in [2.05, 4.69) is 17.0 Å². The smallest absolute Gasteiger partial charge is 0.0917 e. The van der Waals surface area contributed by atoms with Crippen molar-refractivity contribution in [3.05, 3.63) is 74.3 Å². The first kappa shape index (κ1) is 18.1. The molecule has 2 nitrogen and oxygen atoms in total. The summed E-state index contributed by atoms with van der Waals surface area (Å²) in [6.07, 6.45) is 2.61. The van der Waals surface area contributed by atoms with E-state index in [0.717, 1.165) is 48.5 Å². The molecule has 0 amide bonds. The van der Waals surface area contributed by atoms with Gasteiger partial charge in [-0.2, -0.15) is 0 Å². The van der Waals surface area contributed by atoms with E-state index in [1.165, 1.54) is 22.3 Å². The minimum atomic E-state index is -0.511. The SMILES string of the molecule is Cc1ccc(C(O)CN2CCC3=C(CC2)c2cc(Cl)ccc2C3)cc1Cl. The highest BCUT2D eigenvalue weighted by Crippen LogP contribution is 2.39. The van der Waals surface area contributed by atoms with E-state index >= 15 is 0 Å². The molecule has 0 saturated heterocycles. The monoisotopic (exact) mass is 387 g/mol. The highest BCUT2D eigenvalue weighted by molar-refractivity contribution is 6.31. The van der Waals surface area contributed by atoms with Crippen LogP contribution < -0.4 is 0 Å². The molecule has 26 heavy (non-hydrogen) atoms. The summed E-state index contributed by atoms with van der Waals surface area (Å²) in [6, 6.07) is 12.1. The Balaban J connectivity index is 1.44. The fraction of sp³-hybridized carbons (Fsp3) is 0.364. The number of β-amino-alcohol motifs (C(OH)–C–C–N with tert-alkyl or cyclic N) is 1. The molecule has 0 bridgehead atoms. The molecule has 1 heterocycles. The van der Waals surface area contributed by atoms with Gasteiger partial charge in [-0.15, -0.1) is 0 Å². The lowest BCUT2D eigenvalue weighted by Gasteiger charge is -2.24. The number of hydrogen-bond acceptors (Lipinski definition) is 2. The Labute approximate surface area is 165 Å². The fourth-order valence-corrected chi connectivity index (χ4v) is 4.45. The quantitative estimate of drug-likeness (QED) is 0.757. The van der Waals surface area contributed by atoms with Crippen molar-refractivity contribution in [2.24, 2.45) is 0 Å². The van der Waals surface area contributed by atoms with Gasteiger partial charge in [0.15, 0.2) is 0 Å². The van der Waals surface area contributed by atoms with Crippen LogP contribution in [-0.2, 0) is 6.42 Å². The van der Waals surface area contributed by atoms with Gasteiger partial charge in [-0.05, 0) is 72.2 Å². The molecule has 1 N–H and O–H groups in total. The zero-order chi connectivity index (χ0) is 18.3. The average molecular weight is 388 g/mol. The Kier molecular flexibility index (Phi) is 5.11. The first-order valence-electron chi connectivity index (χ1n) is 9.17. The maximum absolute atomic E-state index is 10.6. The number of hydrogen-bond donors (Lipinski definition) is 1. The van der Waals surface area contributed by atoms with Crippen molar-refractivity contribution in [2.75, 3.05) is 19.6 Å². The van der Waals surface area contributed by atoms with Crippen LogP contribution in [0.15, 0.2) is 42.0 Å². The molecule has 0 fully saturated rings. The van der Waals surface area contributed by atoms with Gasteiger partial charge in [0.05, 0.1) is 6.10 Å². The molecule has 0 aromatic heterocycles. The number of halogens is 2. The van der Waals surface area contributed by atoms with E-state index in [1.54, 1.807) is 0 Å². The first-order valence-corrected chi connectivity index (χ1v) is 9.93. The van der Waals surface area contributed by atoms with Crippen molar-refractivity contribution in [1.29, 1.82) is 0 Å². The number of fused-ring (bicyclic) bond motifs is 2. The molecule has 1 unspecified atom stereocenters. The Morgan fingerprint density at radius 1 is 1.08 bits per heavy atom. The van der Waals surface area contributed by atoms with Crippen LogP contribution in [0.3, 0.4) is 0 Å². The lowest BCUT2D eigenvalue weighted by molar-refractivity contribution is 0.116. The van der Waals surface area contributed by atoms with E-state index in [1.807, 2.05) is 31.2 Å². The molecule has 1 aliphatic carbocycles. The zero-order valence-corrected chi connectivity index (χ0v) is 16.4. The van der Waals surface area contributed by atoms with Crippen LogP contribution in [0.25, 0.3) is 5.57 Å². The predicted octanol–water partition coefficient (Wildman–Crippen LogP) is 5.44. The highest BCUT2D eigenvalue weighted by Gasteiger charge is 2.26. The number of benzene rings is 2. The molecule has 2 aromatic carbocycles. The molecule has 0 spiro atoms. The van der Waals surface area contributed by atoms with Crippen LogP contribution in [0.5, 0.6) is 0 Å². The lowest BCUT2D eigenvalue weighted by Crippen LogP contribution is -2.30. The Morgan fingerprint density at radius 3 is 2.69 bits per heavy atom. The second-order valence-electron chi connectivity index (χ2n) is 7.39. The summed E-state index contributed by atoms with van der Waals surface area (Å²) < 4.78 is 0. The van der Waals surface area contributed by atoms with Gasteiger partial charge >= 0.3 is 0 Å². The van der Waals surface area contributed by atoms with Crippen LogP contribution in [0.4, 0.5) is 0 Å². The number of aliphatic hydroxyl groups excluding tert-OH is 1. The standard InChI is InChI=1S/C22H23Cl2NO/c1-14-2-3-17(11-21(14)24)22(26)13-25-8-6-16-10-15-4-5-18(23)12-20(15)19(16)7-9-25/h2-5,11-12,22,26H,6-10,13H2,1H3. The van der Waals surface area contributed by atoms with Crippen molar-refractivity contribution in [3.8, 4) is 0 Å². The van der Waals surface area contributed by atoms with E-state index in [4.69, 9.17) is 23.2 Å². The number of rotatable bonds is 3. The lowest BCUT2D eigenvalue weighted by atomic mass is 10.0. The third-order valence-electron chi connectivity index (χ3n) is 5.65. The average Bonchev–Trinajstić information content (AvgIpc) is 2.84. The largest absolute Gasteiger partial charge is 0.387 e. The van der Waals surface area contributed by atoms with Crippen molar-refractivity contribution in [2.45, 2.75) is 32.3 Å². The van der Waals surface area contributed by atoms with Crippen molar-refractivity contribution in [3.63, 3.8) is 0 Å². The molecule has 2 aromatic rings. The third-order valence-corrected chi connectivity index (χ3v) is 6.29. The van der Waals surface area contributed by atoms with E-state index < -0.39 is 6.10 Å². The number of nitrogens with zero attached hydrogens (tertiary/aromatic N) is 1. The molecule has 136 valence electrons. The summed E-state index contributed by atoms with van der Waals surface area (Å²) in [5, 5.41) is 12.2. The molecule has 4 rings (SSSR count). The van der Waals surface area contributed by atoms with Gasteiger partial charge in [0.2, 0.25) is 0 Å². The van der Waals surface area contributed by atoms with Gasteiger partial charge < -0.3 is 5.11 Å². The Morgan fingerprint density at radius 2 is 1.88 bits per heavy atom. The molecular weight excluding hydrogens is 365 g/mol. The summed E-state index contributed by atoms with van der Waals surface area (Å²) in [5.74, 6) is 0. The highest BCUT2D eigenvalue weighted by atomic mass is 35.5. The first-order chi connectivity index (χ1) is 12.5. The van der Waals surface area contributed by atoms with Gasteiger partial charge in [0.1, 0.15) is 0 Å². The van der Waals surface area contributed by atoms with E-state index in [9.17, 15) is 5.11 Å². The summed E-state index contributed by atoms with van der Waals surface area (Å²) >= 11 is 12.4. The van der Waals surface area contributed by atoms with Gasteiger partial charge in [-0.1, -0.05) is 47.0 Å². The van der Waals surface area contributed by atoms with Gasteiger partial charge in [-0.25, -0.2) is 0 Å². The van der Waals surface area contributed by atoms with Gasteiger partial charge in [0, 0.05) is 29.7 Å². The molecule has 1 atom stereocenters. The molecule has 4 heteroatoms. The van der Waals surface area contributed by atoms with Crippen molar-refractivity contribution in [1.82, 2.24) is 4.90 Å². The summed E-state index contributed by atoms with van der Waals surface area (Å²) in [7, 11) is 0. The van der Waals surface area contributed by atoms with Crippen LogP contribution in [0, 0.1) is 6.92 Å². The Hall–Kier alpha value is -1.32. The molecule has 1 aliphatic heterocycles. The minimum absolute atomic E-state index is 0.511. The second kappa shape index (κ2) is 7.36. The summed E-state index contributed by atoms with van der Waals surface area (Å²) in [6.45, 7) is 4.56. The minimum Gasteiger partial charge on any atom is -0.387 e.